The number of hydrogen-bond acceptors (Lipinski definition) is 4. The molecule has 0 N–H and O–H groups in total. The van der Waals surface area contributed by atoms with Gasteiger partial charge in [0, 0.05) is 13.3 Å². The second-order valence-corrected chi connectivity index (χ2v) is 6.42. The highest BCUT2D eigenvalue weighted by molar-refractivity contribution is 6.62. The predicted molar refractivity (Wildman–Crippen MR) is 82.5 cm³/mol. The van der Waals surface area contributed by atoms with E-state index in [0.29, 0.717) is 13.0 Å². The molecular weight excluding hydrogens is 267 g/mol. The van der Waals surface area contributed by atoms with Gasteiger partial charge < -0.3 is 14.0 Å². The average molecular weight is 290 g/mol. The molecule has 5 heteroatoms. The minimum atomic E-state index is -0.336. The topological polar surface area (TPSA) is 44.8 Å². The maximum Gasteiger partial charge on any atom is 0.494 e. The molecule has 0 spiro atoms. The zero-order valence-corrected chi connectivity index (χ0v) is 13.4. The number of esters is 1. The lowest BCUT2D eigenvalue weighted by Gasteiger charge is -2.32. The Labute approximate surface area is 126 Å². The largest absolute Gasteiger partial charge is 0.494 e. The Kier molecular flexibility index (Phi) is 4.44. The fourth-order valence-corrected chi connectivity index (χ4v) is 2.13. The number of carbonyl (C=O) groups is 1. The van der Waals surface area contributed by atoms with Crippen molar-refractivity contribution >= 4 is 18.6 Å². The third-order valence-electron chi connectivity index (χ3n) is 4.20. The van der Waals surface area contributed by atoms with Crippen molar-refractivity contribution in [3.63, 3.8) is 0 Å². The van der Waals surface area contributed by atoms with Gasteiger partial charge in [-0.15, -0.1) is 0 Å². The highest BCUT2D eigenvalue weighted by Gasteiger charge is 2.51. The van der Waals surface area contributed by atoms with Gasteiger partial charge in [-0.2, -0.15) is 0 Å². The van der Waals surface area contributed by atoms with Crippen LogP contribution in [0, 0.1) is 0 Å². The first kappa shape index (κ1) is 16.1. The summed E-state index contributed by atoms with van der Waals surface area (Å²) in [5.41, 5.74) is 1.47. The molecule has 0 amide bonds. The van der Waals surface area contributed by atoms with E-state index in [-0.39, 0.29) is 24.3 Å². The minimum Gasteiger partial charge on any atom is -0.466 e. The molecule has 1 aromatic carbocycles. The van der Waals surface area contributed by atoms with E-state index in [1.165, 1.54) is 6.92 Å². The smallest absolute Gasteiger partial charge is 0.466 e. The highest BCUT2D eigenvalue weighted by atomic mass is 16.7. The summed E-state index contributed by atoms with van der Waals surface area (Å²) in [5, 5.41) is 0. The molecule has 21 heavy (non-hydrogen) atoms. The molecule has 1 heterocycles. The molecular formula is C16H23BO4. The fraction of sp³-hybridized carbons (Fsp3) is 0.562. The Morgan fingerprint density at radius 2 is 1.62 bits per heavy atom. The lowest BCUT2D eigenvalue weighted by atomic mass is 9.79. The van der Waals surface area contributed by atoms with Crippen LogP contribution >= 0.6 is 0 Å². The van der Waals surface area contributed by atoms with Crippen molar-refractivity contribution in [3.05, 3.63) is 29.8 Å². The summed E-state index contributed by atoms with van der Waals surface area (Å²) < 4.78 is 17.0. The molecule has 0 atom stereocenters. The molecule has 1 aliphatic rings. The van der Waals surface area contributed by atoms with Crippen molar-refractivity contribution in [2.24, 2.45) is 0 Å². The third kappa shape index (κ3) is 3.66. The minimum absolute atomic E-state index is 0.246. The van der Waals surface area contributed by atoms with Gasteiger partial charge in [0.25, 0.3) is 0 Å². The van der Waals surface area contributed by atoms with Crippen LogP contribution in [0.3, 0.4) is 0 Å². The molecule has 114 valence electrons. The van der Waals surface area contributed by atoms with Crippen molar-refractivity contribution in [1.29, 1.82) is 0 Å². The molecule has 0 radical (unpaired) electrons. The van der Waals surface area contributed by atoms with Crippen molar-refractivity contribution < 1.29 is 18.8 Å². The summed E-state index contributed by atoms with van der Waals surface area (Å²) in [4.78, 5) is 10.7. The molecule has 1 fully saturated rings. The van der Waals surface area contributed by atoms with E-state index in [1.54, 1.807) is 0 Å². The summed E-state index contributed by atoms with van der Waals surface area (Å²) >= 11 is 0. The van der Waals surface area contributed by atoms with Gasteiger partial charge in [0.1, 0.15) is 0 Å². The number of carbonyl (C=O) groups excluding carboxylic acids is 1. The summed E-state index contributed by atoms with van der Waals surface area (Å²) in [6.45, 7) is 9.99. The lowest BCUT2D eigenvalue weighted by molar-refractivity contribution is -0.140. The SMILES string of the molecule is CC(=O)OCCc1ccc(B2OC(C)(C)C(C)(C)O2)cc1. The van der Waals surface area contributed by atoms with Crippen LogP contribution in [0.4, 0.5) is 0 Å². The monoisotopic (exact) mass is 290 g/mol. The summed E-state index contributed by atoms with van der Waals surface area (Å²) in [7, 11) is -0.336. The fourth-order valence-electron chi connectivity index (χ4n) is 2.13. The molecule has 0 bridgehead atoms. The van der Waals surface area contributed by atoms with Gasteiger partial charge in [0.2, 0.25) is 0 Å². The molecule has 4 nitrogen and oxygen atoms in total. The first-order valence-electron chi connectivity index (χ1n) is 7.29. The van der Waals surface area contributed by atoms with Gasteiger partial charge in [-0.1, -0.05) is 24.3 Å². The van der Waals surface area contributed by atoms with E-state index in [4.69, 9.17) is 14.0 Å². The Balaban J connectivity index is 1.99. The van der Waals surface area contributed by atoms with E-state index in [1.807, 2.05) is 52.0 Å². The van der Waals surface area contributed by atoms with E-state index in [0.717, 1.165) is 11.0 Å². The molecule has 0 aliphatic carbocycles. The number of rotatable bonds is 4. The summed E-state index contributed by atoms with van der Waals surface area (Å²) in [6.07, 6.45) is 0.712. The van der Waals surface area contributed by atoms with Crippen LogP contribution in [0.15, 0.2) is 24.3 Å². The van der Waals surface area contributed by atoms with E-state index in [2.05, 4.69) is 0 Å². The molecule has 1 aromatic rings. The predicted octanol–water partition coefficient (Wildman–Crippen LogP) is 2.09. The van der Waals surface area contributed by atoms with Gasteiger partial charge in [-0.25, -0.2) is 0 Å². The molecule has 0 unspecified atom stereocenters. The van der Waals surface area contributed by atoms with Crippen LogP contribution in [-0.2, 0) is 25.3 Å². The Morgan fingerprint density at radius 3 is 2.10 bits per heavy atom. The maximum absolute atomic E-state index is 10.7. The number of benzene rings is 1. The molecule has 0 aromatic heterocycles. The molecule has 2 rings (SSSR count). The first-order chi connectivity index (χ1) is 9.71. The Morgan fingerprint density at radius 1 is 1.10 bits per heavy atom. The van der Waals surface area contributed by atoms with Crippen molar-refractivity contribution in [2.45, 2.75) is 52.2 Å². The van der Waals surface area contributed by atoms with Gasteiger partial charge in [0.05, 0.1) is 17.8 Å². The van der Waals surface area contributed by atoms with Crippen LogP contribution in [-0.4, -0.2) is 30.9 Å². The zero-order chi connectivity index (χ0) is 15.7. The highest BCUT2D eigenvalue weighted by Crippen LogP contribution is 2.36. The second kappa shape index (κ2) is 5.81. The van der Waals surface area contributed by atoms with Crippen LogP contribution in [0.5, 0.6) is 0 Å². The lowest BCUT2D eigenvalue weighted by Crippen LogP contribution is -2.41. The van der Waals surface area contributed by atoms with Crippen molar-refractivity contribution in [1.82, 2.24) is 0 Å². The summed E-state index contributed by atoms with van der Waals surface area (Å²) in [6, 6.07) is 8.05. The Hall–Kier alpha value is -1.33. The van der Waals surface area contributed by atoms with Crippen molar-refractivity contribution in [2.75, 3.05) is 6.61 Å². The maximum atomic E-state index is 10.7. The van der Waals surface area contributed by atoms with Crippen LogP contribution in [0.2, 0.25) is 0 Å². The normalized spacial score (nSPS) is 19.6. The van der Waals surface area contributed by atoms with Gasteiger partial charge in [-0.05, 0) is 38.7 Å². The standard InChI is InChI=1S/C16H23BO4/c1-12(18)19-11-10-13-6-8-14(9-7-13)17-20-15(2,3)16(4,5)21-17/h6-9H,10-11H2,1-5H3. The van der Waals surface area contributed by atoms with Gasteiger partial charge in [0.15, 0.2) is 0 Å². The van der Waals surface area contributed by atoms with E-state index < -0.39 is 0 Å². The van der Waals surface area contributed by atoms with Crippen LogP contribution in [0.1, 0.15) is 40.2 Å². The van der Waals surface area contributed by atoms with Crippen molar-refractivity contribution in [3.8, 4) is 0 Å². The van der Waals surface area contributed by atoms with Gasteiger partial charge in [-0.3, -0.25) is 4.79 Å². The molecule has 1 aliphatic heterocycles. The Bertz CT molecular complexity index is 492. The number of hydrogen-bond donors (Lipinski definition) is 0. The first-order valence-corrected chi connectivity index (χ1v) is 7.29. The second-order valence-electron chi connectivity index (χ2n) is 6.42. The van der Waals surface area contributed by atoms with Gasteiger partial charge >= 0.3 is 13.1 Å². The average Bonchev–Trinajstić information content (AvgIpc) is 2.59. The van der Waals surface area contributed by atoms with E-state index >= 15 is 0 Å². The zero-order valence-electron chi connectivity index (χ0n) is 13.4. The van der Waals surface area contributed by atoms with E-state index in [9.17, 15) is 4.79 Å². The van der Waals surface area contributed by atoms with Crippen LogP contribution in [0.25, 0.3) is 0 Å². The summed E-state index contributed by atoms with van der Waals surface area (Å²) in [5.74, 6) is -0.246. The third-order valence-corrected chi connectivity index (χ3v) is 4.20. The number of ether oxygens (including phenoxy) is 1. The van der Waals surface area contributed by atoms with Crippen LogP contribution < -0.4 is 5.46 Å². The molecule has 1 saturated heterocycles. The molecule has 0 saturated carbocycles. The quantitative estimate of drug-likeness (QED) is 0.629.